The average molecular weight is 304 g/mol. The third kappa shape index (κ3) is 3.52. The molecule has 0 atom stereocenters. The van der Waals surface area contributed by atoms with Gasteiger partial charge < -0.3 is 16.3 Å². The molecule has 5 nitrogen and oxygen atoms in total. The van der Waals surface area contributed by atoms with Crippen LogP contribution in [-0.4, -0.2) is 17.0 Å². The molecule has 0 bridgehead atoms. The number of nitrogens with zero attached hydrogens (tertiary/aromatic N) is 1. The quantitative estimate of drug-likeness (QED) is 0.352. The minimum Gasteiger partial charge on any atom is -0.409 e. The molecular formula is C15H14ClN3O2. The topological polar surface area (TPSA) is 87.7 Å². The Hall–Kier alpha value is -2.53. The second-order valence-electron chi connectivity index (χ2n) is 4.50. The lowest BCUT2D eigenvalue weighted by atomic mass is 10.1. The van der Waals surface area contributed by atoms with Crippen LogP contribution in [0.2, 0.25) is 5.02 Å². The maximum atomic E-state index is 12.2. The van der Waals surface area contributed by atoms with Crippen molar-refractivity contribution < 1.29 is 10.0 Å². The van der Waals surface area contributed by atoms with Crippen molar-refractivity contribution in [3.63, 3.8) is 0 Å². The zero-order valence-electron chi connectivity index (χ0n) is 11.3. The van der Waals surface area contributed by atoms with E-state index in [1.807, 2.05) is 13.0 Å². The molecule has 1 amide bonds. The number of hydrogen-bond acceptors (Lipinski definition) is 3. The molecule has 0 fully saturated rings. The predicted octanol–water partition coefficient (Wildman–Crippen LogP) is 3.00. The van der Waals surface area contributed by atoms with Crippen LogP contribution in [0.1, 0.15) is 21.5 Å². The summed E-state index contributed by atoms with van der Waals surface area (Å²) < 4.78 is 0. The molecule has 0 aromatic heterocycles. The second kappa shape index (κ2) is 6.28. The smallest absolute Gasteiger partial charge is 0.255 e. The highest BCUT2D eigenvalue weighted by atomic mass is 35.5. The highest BCUT2D eigenvalue weighted by Crippen LogP contribution is 2.23. The molecule has 21 heavy (non-hydrogen) atoms. The summed E-state index contributed by atoms with van der Waals surface area (Å²) in [5, 5.41) is 14.7. The van der Waals surface area contributed by atoms with Crippen LogP contribution < -0.4 is 11.1 Å². The Balaban J connectivity index is 2.29. The van der Waals surface area contributed by atoms with Crippen molar-refractivity contribution in [2.24, 2.45) is 10.9 Å². The summed E-state index contributed by atoms with van der Waals surface area (Å²) in [6, 6.07) is 11.9. The van der Waals surface area contributed by atoms with Crippen molar-refractivity contribution in [3.8, 4) is 0 Å². The molecule has 6 heteroatoms. The van der Waals surface area contributed by atoms with Crippen molar-refractivity contribution in [2.75, 3.05) is 5.32 Å². The van der Waals surface area contributed by atoms with Gasteiger partial charge >= 0.3 is 0 Å². The summed E-state index contributed by atoms with van der Waals surface area (Å²) in [5.74, 6) is -0.338. The lowest BCUT2D eigenvalue weighted by molar-refractivity contribution is 0.102. The largest absolute Gasteiger partial charge is 0.409 e. The molecule has 0 aliphatic heterocycles. The van der Waals surface area contributed by atoms with E-state index in [9.17, 15) is 4.79 Å². The van der Waals surface area contributed by atoms with E-state index in [2.05, 4.69) is 10.5 Å². The van der Waals surface area contributed by atoms with Crippen LogP contribution in [0.5, 0.6) is 0 Å². The van der Waals surface area contributed by atoms with Crippen LogP contribution >= 0.6 is 11.6 Å². The minimum absolute atomic E-state index is 0.0577. The van der Waals surface area contributed by atoms with Crippen LogP contribution in [0.25, 0.3) is 0 Å². The maximum Gasteiger partial charge on any atom is 0.255 e. The van der Waals surface area contributed by atoms with E-state index in [1.165, 1.54) is 0 Å². The SMILES string of the molecule is Cc1cccc(C(=O)Nc2cc(/C(N)=N/O)ccc2Cl)c1. The van der Waals surface area contributed by atoms with Gasteiger partial charge in [0.2, 0.25) is 0 Å². The van der Waals surface area contributed by atoms with E-state index in [0.717, 1.165) is 5.56 Å². The number of anilines is 1. The van der Waals surface area contributed by atoms with E-state index in [0.29, 0.717) is 21.8 Å². The van der Waals surface area contributed by atoms with Gasteiger partial charge in [0.05, 0.1) is 10.7 Å². The van der Waals surface area contributed by atoms with Gasteiger partial charge in [-0.05, 0) is 37.3 Å². The minimum atomic E-state index is -0.280. The first kappa shape index (κ1) is 14.9. The van der Waals surface area contributed by atoms with E-state index in [1.54, 1.807) is 36.4 Å². The Labute approximate surface area is 127 Å². The maximum absolute atomic E-state index is 12.2. The summed E-state index contributed by atoms with van der Waals surface area (Å²) >= 11 is 6.05. The number of hydrogen-bond donors (Lipinski definition) is 3. The van der Waals surface area contributed by atoms with E-state index < -0.39 is 0 Å². The molecule has 4 N–H and O–H groups in total. The van der Waals surface area contributed by atoms with Gasteiger partial charge in [0.15, 0.2) is 5.84 Å². The summed E-state index contributed by atoms with van der Waals surface area (Å²) in [6.07, 6.45) is 0. The van der Waals surface area contributed by atoms with Gasteiger partial charge in [-0.15, -0.1) is 0 Å². The van der Waals surface area contributed by atoms with Crippen LogP contribution in [0.4, 0.5) is 5.69 Å². The Bertz CT molecular complexity index is 714. The number of nitrogens with two attached hydrogens (primary N) is 1. The number of carbonyl (C=O) groups is 1. The van der Waals surface area contributed by atoms with Crippen LogP contribution in [-0.2, 0) is 0 Å². The number of benzene rings is 2. The number of amidine groups is 1. The van der Waals surface area contributed by atoms with Crippen molar-refractivity contribution in [3.05, 3.63) is 64.2 Å². The Morgan fingerprint density at radius 1 is 1.24 bits per heavy atom. The molecule has 2 rings (SSSR count). The monoisotopic (exact) mass is 303 g/mol. The molecule has 2 aromatic carbocycles. The number of oxime groups is 1. The van der Waals surface area contributed by atoms with Gasteiger partial charge in [-0.25, -0.2) is 0 Å². The molecule has 108 valence electrons. The molecule has 0 aliphatic rings. The highest BCUT2D eigenvalue weighted by molar-refractivity contribution is 6.34. The van der Waals surface area contributed by atoms with Crippen LogP contribution in [0.3, 0.4) is 0 Å². The molecule has 0 spiro atoms. The van der Waals surface area contributed by atoms with Crippen molar-refractivity contribution in [2.45, 2.75) is 6.92 Å². The van der Waals surface area contributed by atoms with Crippen molar-refractivity contribution in [1.29, 1.82) is 0 Å². The molecule has 0 heterocycles. The lowest BCUT2D eigenvalue weighted by Gasteiger charge is -2.09. The molecular weight excluding hydrogens is 290 g/mol. The molecule has 0 aliphatic carbocycles. The summed E-state index contributed by atoms with van der Waals surface area (Å²) in [4.78, 5) is 12.2. The van der Waals surface area contributed by atoms with E-state index in [-0.39, 0.29) is 11.7 Å². The summed E-state index contributed by atoms with van der Waals surface area (Å²) in [7, 11) is 0. The molecule has 0 saturated carbocycles. The zero-order valence-corrected chi connectivity index (χ0v) is 12.1. The number of rotatable bonds is 3. The fraction of sp³-hybridized carbons (Fsp3) is 0.0667. The first-order valence-electron chi connectivity index (χ1n) is 6.16. The highest BCUT2D eigenvalue weighted by Gasteiger charge is 2.10. The normalized spacial score (nSPS) is 11.2. The van der Waals surface area contributed by atoms with Gasteiger partial charge in [-0.3, -0.25) is 4.79 Å². The van der Waals surface area contributed by atoms with Gasteiger partial charge in [-0.1, -0.05) is 34.5 Å². The molecule has 0 radical (unpaired) electrons. The fourth-order valence-corrected chi connectivity index (χ4v) is 1.98. The molecule has 0 unspecified atom stereocenters. The zero-order chi connectivity index (χ0) is 15.4. The summed E-state index contributed by atoms with van der Waals surface area (Å²) in [5.41, 5.74) is 7.89. The van der Waals surface area contributed by atoms with Crippen LogP contribution in [0.15, 0.2) is 47.6 Å². The number of carbonyl (C=O) groups excluding carboxylic acids is 1. The Morgan fingerprint density at radius 3 is 2.67 bits per heavy atom. The number of nitrogens with one attached hydrogen (secondary N) is 1. The molecule has 0 saturated heterocycles. The average Bonchev–Trinajstić information content (AvgIpc) is 2.48. The third-order valence-electron chi connectivity index (χ3n) is 2.90. The van der Waals surface area contributed by atoms with Crippen LogP contribution in [0, 0.1) is 6.92 Å². The van der Waals surface area contributed by atoms with E-state index >= 15 is 0 Å². The number of halogens is 1. The Morgan fingerprint density at radius 2 is 2.00 bits per heavy atom. The first-order valence-corrected chi connectivity index (χ1v) is 6.54. The van der Waals surface area contributed by atoms with Gasteiger partial charge in [0.25, 0.3) is 5.91 Å². The van der Waals surface area contributed by atoms with Crippen molar-refractivity contribution in [1.82, 2.24) is 0 Å². The van der Waals surface area contributed by atoms with Crippen molar-refractivity contribution >= 4 is 29.0 Å². The van der Waals surface area contributed by atoms with E-state index in [4.69, 9.17) is 22.5 Å². The van der Waals surface area contributed by atoms with Gasteiger partial charge in [0, 0.05) is 11.1 Å². The summed E-state index contributed by atoms with van der Waals surface area (Å²) in [6.45, 7) is 1.91. The fourth-order valence-electron chi connectivity index (χ4n) is 1.82. The standard InChI is InChI=1S/C15H14ClN3O2/c1-9-3-2-4-11(7-9)15(20)18-13-8-10(14(17)19-21)5-6-12(13)16/h2-8,21H,1H3,(H2,17,19)(H,18,20). The van der Waals surface area contributed by atoms with Gasteiger partial charge in [-0.2, -0.15) is 0 Å². The Kier molecular flexibility index (Phi) is 4.45. The van der Waals surface area contributed by atoms with Gasteiger partial charge in [0.1, 0.15) is 0 Å². The number of aryl methyl sites for hydroxylation is 1. The molecule has 2 aromatic rings. The first-order chi connectivity index (χ1) is 10.0. The predicted molar refractivity (Wildman–Crippen MR) is 83.1 cm³/mol. The third-order valence-corrected chi connectivity index (χ3v) is 3.23. The lowest BCUT2D eigenvalue weighted by Crippen LogP contribution is -2.15. The second-order valence-corrected chi connectivity index (χ2v) is 4.91. The number of amides is 1.